The molecule has 2 amide bonds. The van der Waals surface area contributed by atoms with Gasteiger partial charge in [-0.05, 0) is 48.5 Å². The third-order valence-corrected chi connectivity index (χ3v) is 4.68. The smallest absolute Gasteiger partial charge is 0.417 e. The van der Waals surface area contributed by atoms with Gasteiger partial charge in [0.25, 0.3) is 11.8 Å². The molecule has 1 aromatic heterocycles. The summed E-state index contributed by atoms with van der Waals surface area (Å²) in [4.78, 5) is 28.3. The van der Waals surface area contributed by atoms with E-state index < -0.39 is 52.4 Å². The Morgan fingerprint density at radius 3 is 2.13 bits per heavy atom. The van der Waals surface area contributed by atoms with Crippen LogP contribution >= 0.6 is 12.4 Å². The Kier molecular flexibility index (Phi) is 9.17. The number of guanidine groups is 1. The van der Waals surface area contributed by atoms with E-state index >= 15 is 0 Å². The van der Waals surface area contributed by atoms with Crippen LogP contribution in [0.4, 0.5) is 32.2 Å². The van der Waals surface area contributed by atoms with Crippen LogP contribution in [0.25, 0.3) is 0 Å². The van der Waals surface area contributed by atoms with Crippen LogP contribution in [0.1, 0.15) is 43.0 Å². The lowest BCUT2D eigenvalue weighted by Crippen LogP contribution is -2.35. The topological polar surface area (TPSA) is 141 Å². The van der Waals surface area contributed by atoms with Crippen LogP contribution in [0.15, 0.2) is 54.7 Å². The first-order valence-corrected chi connectivity index (χ1v) is 10.2. The van der Waals surface area contributed by atoms with Gasteiger partial charge in [0, 0.05) is 16.7 Å². The second-order valence-corrected chi connectivity index (χ2v) is 7.53. The van der Waals surface area contributed by atoms with E-state index in [-0.39, 0.29) is 35.1 Å². The van der Waals surface area contributed by atoms with Crippen molar-refractivity contribution in [2.75, 3.05) is 5.32 Å². The Bertz CT molecular complexity index is 1480. The predicted octanol–water partition coefficient (Wildman–Crippen LogP) is 4.52. The summed E-state index contributed by atoms with van der Waals surface area (Å²) in [6.45, 7) is 0. The molecule has 39 heavy (non-hydrogen) atoms. The van der Waals surface area contributed by atoms with E-state index in [9.17, 15) is 41.0 Å². The minimum absolute atomic E-state index is 0. The molecule has 3 aromatic rings. The number of benzene rings is 2. The minimum Gasteiger partial charge on any atom is -0.506 e. The molecular weight excluding hydrogens is 556 g/mol. The van der Waals surface area contributed by atoms with Gasteiger partial charge in [0.15, 0.2) is 5.96 Å². The molecule has 0 unspecified atom stereocenters. The highest BCUT2D eigenvalue weighted by molar-refractivity contribution is 6.05. The lowest BCUT2D eigenvalue weighted by molar-refractivity contribution is -0.138. The number of nitrogens with two attached hydrogens (primary N) is 1. The number of hydrogen-bond donors (Lipinski definition) is 5. The van der Waals surface area contributed by atoms with E-state index in [1.165, 1.54) is 0 Å². The molecule has 1 heterocycles. The van der Waals surface area contributed by atoms with Gasteiger partial charge >= 0.3 is 12.4 Å². The van der Waals surface area contributed by atoms with Crippen molar-refractivity contribution in [2.45, 2.75) is 12.4 Å². The van der Waals surface area contributed by atoms with E-state index in [2.05, 4.69) is 22.1 Å². The molecule has 0 saturated heterocycles. The van der Waals surface area contributed by atoms with Gasteiger partial charge in [-0.3, -0.25) is 20.3 Å². The van der Waals surface area contributed by atoms with Crippen molar-refractivity contribution in [1.82, 2.24) is 10.3 Å². The first-order chi connectivity index (χ1) is 17.6. The van der Waals surface area contributed by atoms with Gasteiger partial charge in [0.1, 0.15) is 11.6 Å². The van der Waals surface area contributed by atoms with Crippen molar-refractivity contribution in [3.8, 4) is 17.6 Å². The van der Waals surface area contributed by atoms with Crippen LogP contribution in [0.2, 0.25) is 0 Å². The zero-order valence-electron chi connectivity index (χ0n) is 19.2. The SMILES string of the molecule is Cl.N=C(N)NC(=O)c1cc(C#Cc2ccc(C(F)(F)F)c(C(=O)Nc3ccc(O)cn3)c2)cc(C(F)(F)F)c1. The van der Waals surface area contributed by atoms with Gasteiger partial charge in [-0.15, -0.1) is 12.4 Å². The lowest BCUT2D eigenvalue weighted by Gasteiger charge is -2.13. The maximum absolute atomic E-state index is 13.5. The summed E-state index contributed by atoms with van der Waals surface area (Å²) in [6.07, 6.45) is -8.84. The van der Waals surface area contributed by atoms with E-state index in [4.69, 9.17) is 11.1 Å². The maximum atomic E-state index is 13.5. The number of aromatic nitrogens is 1. The fourth-order valence-corrected chi connectivity index (χ4v) is 3.03. The van der Waals surface area contributed by atoms with Crippen molar-refractivity contribution in [3.63, 3.8) is 0 Å². The number of carbonyl (C=O) groups excluding carboxylic acids is 2. The molecule has 0 aliphatic rings. The average Bonchev–Trinajstić information content (AvgIpc) is 2.82. The normalized spacial score (nSPS) is 10.9. The van der Waals surface area contributed by atoms with Gasteiger partial charge < -0.3 is 16.2 Å². The molecule has 0 spiro atoms. The fraction of sp³-hybridized carbons (Fsp3) is 0.0833. The second-order valence-electron chi connectivity index (χ2n) is 7.53. The molecule has 8 nitrogen and oxygen atoms in total. The number of alkyl halides is 6. The molecule has 0 fully saturated rings. The number of aromatic hydroxyl groups is 1. The monoisotopic (exact) mass is 571 g/mol. The number of halogens is 7. The first kappa shape index (κ1) is 30.5. The van der Waals surface area contributed by atoms with E-state index in [0.29, 0.717) is 18.2 Å². The standard InChI is InChI=1S/C24H15F6N5O3.ClH/c25-23(26,27)15-8-13(7-14(10-15)20(37)35-22(31)32)2-1-12-3-5-18(24(28,29)30)17(9-12)21(38)34-19-6-4-16(36)11-33-19;/h3-11,36H,(H,33,34,38)(H4,31,32,35,37);1H. The number of pyridine rings is 1. The highest BCUT2D eigenvalue weighted by atomic mass is 35.5. The zero-order chi connectivity index (χ0) is 28.3. The van der Waals surface area contributed by atoms with Crippen molar-refractivity contribution >= 4 is 36.0 Å². The summed E-state index contributed by atoms with van der Waals surface area (Å²) in [6, 6.07) is 6.70. The molecular formula is C24H16ClF6N5O3. The number of hydrogen-bond acceptors (Lipinski definition) is 5. The van der Waals surface area contributed by atoms with E-state index in [0.717, 1.165) is 36.5 Å². The summed E-state index contributed by atoms with van der Waals surface area (Å²) in [5, 5.41) is 20.3. The summed E-state index contributed by atoms with van der Waals surface area (Å²) < 4.78 is 80.5. The molecule has 6 N–H and O–H groups in total. The lowest BCUT2D eigenvalue weighted by atomic mass is 10.0. The number of nitrogens with zero attached hydrogens (tertiary/aromatic N) is 1. The molecule has 0 saturated carbocycles. The molecule has 0 bridgehead atoms. The van der Waals surface area contributed by atoms with Crippen LogP contribution in [-0.2, 0) is 12.4 Å². The van der Waals surface area contributed by atoms with Crippen LogP contribution in [0.3, 0.4) is 0 Å². The predicted molar refractivity (Wildman–Crippen MR) is 129 cm³/mol. The molecule has 204 valence electrons. The molecule has 15 heteroatoms. The first-order valence-electron chi connectivity index (χ1n) is 10.2. The Morgan fingerprint density at radius 2 is 1.56 bits per heavy atom. The maximum Gasteiger partial charge on any atom is 0.417 e. The van der Waals surface area contributed by atoms with Gasteiger partial charge in [0.05, 0.1) is 22.9 Å². The van der Waals surface area contributed by atoms with Gasteiger partial charge in [-0.1, -0.05) is 11.8 Å². The number of anilines is 1. The van der Waals surface area contributed by atoms with Crippen molar-refractivity contribution in [1.29, 1.82) is 5.41 Å². The summed E-state index contributed by atoms with van der Waals surface area (Å²) >= 11 is 0. The van der Waals surface area contributed by atoms with Crippen LogP contribution in [0.5, 0.6) is 5.75 Å². The van der Waals surface area contributed by atoms with Crippen molar-refractivity contribution in [3.05, 3.63) is 88.1 Å². The van der Waals surface area contributed by atoms with E-state index in [1.54, 1.807) is 0 Å². The fourth-order valence-electron chi connectivity index (χ4n) is 3.03. The van der Waals surface area contributed by atoms with Crippen LogP contribution < -0.4 is 16.4 Å². The van der Waals surface area contributed by atoms with Crippen molar-refractivity contribution < 1.29 is 41.0 Å². The molecule has 3 rings (SSSR count). The Hall–Kier alpha value is -4.77. The highest BCUT2D eigenvalue weighted by Crippen LogP contribution is 2.33. The van der Waals surface area contributed by atoms with Crippen LogP contribution in [-0.4, -0.2) is 27.9 Å². The Labute approximate surface area is 222 Å². The molecule has 2 aromatic carbocycles. The highest BCUT2D eigenvalue weighted by Gasteiger charge is 2.35. The van der Waals surface area contributed by atoms with Gasteiger partial charge in [0.2, 0.25) is 0 Å². The Balaban J connectivity index is 0.00000533. The average molecular weight is 572 g/mol. The van der Waals surface area contributed by atoms with Gasteiger partial charge in [-0.25, -0.2) is 4.98 Å². The number of carbonyl (C=O) groups is 2. The second kappa shape index (κ2) is 11.7. The number of rotatable bonds is 3. The summed E-state index contributed by atoms with van der Waals surface area (Å²) in [5.41, 5.74) is 0.642. The number of amides is 2. The third kappa shape index (κ3) is 8.11. The van der Waals surface area contributed by atoms with Gasteiger partial charge in [-0.2, -0.15) is 26.3 Å². The molecule has 0 radical (unpaired) electrons. The zero-order valence-corrected chi connectivity index (χ0v) is 20.0. The van der Waals surface area contributed by atoms with E-state index in [1.807, 2.05) is 5.32 Å². The molecule has 0 aliphatic carbocycles. The molecule has 0 atom stereocenters. The third-order valence-electron chi connectivity index (χ3n) is 4.68. The molecule has 0 aliphatic heterocycles. The van der Waals surface area contributed by atoms with Crippen LogP contribution in [0, 0.1) is 17.3 Å². The largest absolute Gasteiger partial charge is 0.506 e. The minimum atomic E-state index is -4.93. The summed E-state index contributed by atoms with van der Waals surface area (Å²) in [5.74, 6) is 1.19. The number of nitrogens with one attached hydrogen (secondary N) is 3. The quantitative estimate of drug-likeness (QED) is 0.136. The summed E-state index contributed by atoms with van der Waals surface area (Å²) in [7, 11) is 0. The van der Waals surface area contributed by atoms with Crippen molar-refractivity contribution in [2.24, 2.45) is 5.73 Å². The Morgan fingerprint density at radius 1 is 0.897 bits per heavy atom.